The number of nitrogens with zero attached hydrogens (tertiary/aromatic N) is 1. The van der Waals surface area contributed by atoms with Crippen molar-refractivity contribution in [1.82, 2.24) is 9.97 Å². The van der Waals surface area contributed by atoms with E-state index in [0.717, 1.165) is 11.1 Å². The number of carbonyl (C=O) groups excluding carboxylic acids is 1. The van der Waals surface area contributed by atoms with Gasteiger partial charge in [0, 0.05) is 0 Å². The van der Waals surface area contributed by atoms with Gasteiger partial charge < -0.3 is 15.0 Å². The average Bonchev–Trinajstić information content (AvgIpc) is 3.03. The molecule has 0 radical (unpaired) electrons. The molecule has 0 atom stereocenters. The van der Waals surface area contributed by atoms with Gasteiger partial charge in [-0.1, -0.05) is 6.07 Å². The lowest BCUT2D eigenvalue weighted by Crippen LogP contribution is -2.25. The van der Waals surface area contributed by atoms with Crippen LogP contribution in [0.4, 0.5) is 5.69 Å². The quantitative estimate of drug-likeness (QED) is 0.752. The number of amides is 1. The Hall–Kier alpha value is -2.93. The van der Waals surface area contributed by atoms with Gasteiger partial charge in [0.15, 0.2) is 6.61 Å². The Morgan fingerprint density at radius 3 is 3.08 bits per heavy atom. The van der Waals surface area contributed by atoms with Crippen LogP contribution < -0.4 is 15.6 Å². The normalized spacial score (nSPS) is 14.2. The molecule has 1 aromatic carbocycles. The van der Waals surface area contributed by atoms with Crippen molar-refractivity contribution in [3.63, 3.8) is 0 Å². The maximum atomic E-state index is 12.1. The molecule has 1 aliphatic rings. The van der Waals surface area contributed by atoms with Gasteiger partial charge in [-0.2, -0.15) is 0 Å². The molecule has 1 aliphatic heterocycles. The van der Waals surface area contributed by atoms with Crippen LogP contribution in [0.3, 0.4) is 0 Å². The Balaban J connectivity index is 1.73. The van der Waals surface area contributed by atoms with Gasteiger partial charge in [0.1, 0.15) is 16.4 Å². The number of rotatable bonds is 2. The van der Waals surface area contributed by atoms with E-state index in [-0.39, 0.29) is 18.1 Å². The maximum Gasteiger partial charge on any atom is 0.262 e. The topological polar surface area (TPSA) is 84.1 Å². The summed E-state index contributed by atoms with van der Waals surface area (Å²) in [7, 11) is 0. The summed E-state index contributed by atoms with van der Waals surface area (Å²) in [6.07, 6.45) is 1.90. The summed E-state index contributed by atoms with van der Waals surface area (Å²) < 4.78 is 5.34. The Morgan fingerprint density at radius 2 is 2.21 bits per heavy atom. The number of aromatic nitrogens is 2. The Kier molecular flexibility index (Phi) is 3.42. The first-order valence-corrected chi connectivity index (χ1v) is 8.21. The number of thiophene rings is 1. The van der Waals surface area contributed by atoms with Crippen molar-refractivity contribution >= 4 is 44.8 Å². The van der Waals surface area contributed by atoms with Crippen molar-refractivity contribution in [2.24, 2.45) is 0 Å². The van der Waals surface area contributed by atoms with Crippen LogP contribution in [0.25, 0.3) is 21.9 Å². The second-order valence-corrected chi connectivity index (χ2v) is 6.37. The molecule has 0 unspecified atom stereocenters. The molecule has 7 heteroatoms. The van der Waals surface area contributed by atoms with Crippen LogP contribution in [-0.4, -0.2) is 22.5 Å². The monoisotopic (exact) mass is 339 g/mol. The second-order valence-electron chi connectivity index (χ2n) is 5.47. The highest BCUT2D eigenvalue weighted by Gasteiger charge is 2.15. The first-order valence-electron chi connectivity index (χ1n) is 7.33. The van der Waals surface area contributed by atoms with Crippen molar-refractivity contribution < 1.29 is 9.53 Å². The van der Waals surface area contributed by atoms with Gasteiger partial charge >= 0.3 is 0 Å². The minimum absolute atomic E-state index is 0.0349. The lowest BCUT2D eigenvalue weighted by atomic mass is 10.1. The number of anilines is 1. The third-order valence-corrected chi connectivity index (χ3v) is 4.53. The summed E-state index contributed by atoms with van der Waals surface area (Å²) in [5.74, 6) is 1.01. The molecule has 0 aliphatic carbocycles. The molecular weight excluding hydrogens is 326 g/mol. The van der Waals surface area contributed by atoms with Gasteiger partial charge in [-0.25, -0.2) is 4.98 Å². The van der Waals surface area contributed by atoms with Gasteiger partial charge in [0.05, 0.1) is 11.1 Å². The van der Waals surface area contributed by atoms with Crippen LogP contribution in [0.2, 0.25) is 0 Å². The van der Waals surface area contributed by atoms with E-state index in [4.69, 9.17) is 4.74 Å². The molecule has 24 heavy (non-hydrogen) atoms. The van der Waals surface area contributed by atoms with Crippen LogP contribution in [-0.2, 0) is 4.79 Å². The van der Waals surface area contributed by atoms with Crippen molar-refractivity contribution in [2.75, 3.05) is 11.9 Å². The number of aromatic amines is 1. The molecule has 0 spiro atoms. The number of ether oxygens (including phenoxy) is 1. The SMILES string of the molecule is C/C(=C/c1ccc2c(c1)NC(=O)CO2)c1nc2sccc2c(=O)[nH]1. The molecule has 0 fully saturated rings. The lowest BCUT2D eigenvalue weighted by molar-refractivity contribution is -0.118. The van der Waals surface area contributed by atoms with Crippen molar-refractivity contribution in [3.05, 3.63) is 51.4 Å². The second kappa shape index (κ2) is 5.61. The Morgan fingerprint density at radius 1 is 1.33 bits per heavy atom. The van der Waals surface area contributed by atoms with E-state index in [1.807, 2.05) is 36.6 Å². The molecule has 0 bridgehead atoms. The first kappa shape index (κ1) is 14.6. The van der Waals surface area contributed by atoms with Gasteiger partial charge in [0.25, 0.3) is 11.5 Å². The zero-order valence-electron chi connectivity index (χ0n) is 12.8. The highest BCUT2D eigenvalue weighted by Crippen LogP contribution is 2.29. The van der Waals surface area contributed by atoms with E-state index < -0.39 is 0 Å². The summed E-state index contributed by atoms with van der Waals surface area (Å²) in [4.78, 5) is 31.5. The predicted molar refractivity (Wildman–Crippen MR) is 94.4 cm³/mol. The van der Waals surface area contributed by atoms with E-state index >= 15 is 0 Å². The fraction of sp³-hybridized carbons (Fsp3) is 0.118. The van der Waals surface area contributed by atoms with Gasteiger partial charge in [-0.3, -0.25) is 9.59 Å². The molecule has 3 aromatic rings. The summed E-state index contributed by atoms with van der Waals surface area (Å²) in [6, 6.07) is 7.30. The first-order chi connectivity index (χ1) is 11.6. The van der Waals surface area contributed by atoms with Crippen LogP contribution >= 0.6 is 11.3 Å². The van der Waals surface area contributed by atoms with Crippen LogP contribution in [0.5, 0.6) is 5.75 Å². The van der Waals surface area contributed by atoms with Gasteiger partial charge in [0.2, 0.25) is 0 Å². The highest BCUT2D eigenvalue weighted by atomic mass is 32.1. The molecule has 0 saturated carbocycles. The van der Waals surface area contributed by atoms with Crippen molar-refractivity contribution in [1.29, 1.82) is 0 Å². The number of nitrogens with one attached hydrogen (secondary N) is 2. The highest BCUT2D eigenvalue weighted by molar-refractivity contribution is 7.16. The van der Waals surface area contributed by atoms with Crippen molar-refractivity contribution in [2.45, 2.75) is 6.92 Å². The molecule has 6 nitrogen and oxygen atoms in total. The van der Waals surface area contributed by atoms with E-state index in [1.165, 1.54) is 11.3 Å². The zero-order chi connectivity index (χ0) is 16.7. The molecule has 2 N–H and O–H groups in total. The van der Waals surface area contributed by atoms with Gasteiger partial charge in [-0.05, 0) is 47.7 Å². The standard InChI is InChI=1S/C17H13N3O3S/c1-9(15-19-16(22)11-4-5-24-17(11)20-15)6-10-2-3-13-12(7-10)18-14(21)8-23-13/h2-7H,8H2,1H3,(H,18,21)(H,19,20,22)/b9-6-. The van der Waals surface area contributed by atoms with Crippen LogP contribution in [0.1, 0.15) is 18.3 Å². The molecule has 2 aromatic heterocycles. The number of carbonyl (C=O) groups is 1. The minimum Gasteiger partial charge on any atom is -0.482 e. The summed E-state index contributed by atoms with van der Waals surface area (Å²) in [5.41, 5.74) is 2.20. The van der Waals surface area contributed by atoms with Crippen LogP contribution in [0, 0.1) is 0 Å². The zero-order valence-corrected chi connectivity index (χ0v) is 13.6. The van der Waals surface area contributed by atoms with E-state index in [2.05, 4.69) is 15.3 Å². The molecular formula is C17H13N3O3S. The Bertz CT molecular complexity index is 1050. The molecule has 0 saturated heterocycles. The van der Waals surface area contributed by atoms with Crippen molar-refractivity contribution in [3.8, 4) is 5.75 Å². The average molecular weight is 339 g/mol. The molecule has 120 valence electrons. The number of fused-ring (bicyclic) bond motifs is 2. The predicted octanol–water partition coefficient (Wildman–Crippen LogP) is 2.88. The van der Waals surface area contributed by atoms with E-state index in [0.29, 0.717) is 27.5 Å². The number of hydrogen-bond donors (Lipinski definition) is 2. The van der Waals surface area contributed by atoms with E-state index in [1.54, 1.807) is 6.07 Å². The largest absolute Gasteiger partial charge is 0.482 e. The number of hydrogen-bond acceptors (Lipinski definition) is 5. The fourth-order valence-electron chi connectivity index (χ4n) is 2.56. The summed E-state index contributed by atoms with van der Waals surface area (Å²) in [5, 5.41) is 5.23. The third-order valence-electron chi connectivity index (χ3n) is 3.73. The number of benzene rings is 1. The Labute approximate surface area is 140 Å². The smallest absolute Gasteiger partial charge is 0.262 e. The maximum absolute atomic E-state index is 12.1. The molecule has 1 amide bonds. The molecule has 3 heterocycles. The summed E-state index contributed by atoms with van der Waals surface area (Å²) >= 11 is 1.44. The third kappa shape index (κ3) is 2.59. The minimum atomic E-state index is -0.172. The van der Waals surface area contributed by atoms with Gasteiger partial charge in [-0.15, -0.1) is 11.3 Å². The lowest BCUT2D eigenvalue weighted by Gasteiger charge is -2.18. The van der Waals surface area contributed by atoms with E-state index in [9.17, 15) is 9.59 Å². The fourth-order valence-corrected chi connectivity index (χ4v) is 3.33. The van der Waals surface area contributed by atoms with Crippen LogP contribution in [0.15, 0.2) is 34.4 Å². The number of H-pyrrole nitrogens is 1. The summed E-state index contributed by atoms with van der Waals surface area (Å²) in [6.45, 7) is 1.92. The number of allylic oxidation sites excluding steroid dienone is 1. The molecule has 4 rings (SSSR count).